The van der Waals surface area contributed by atoms with Gasteiger partial charge < -0.3 is 9.47 Å². The lowest BCUT2D eigenvalue weighted by atomic mass is 10.0. The molecular formula is C27H38O3. The molecule has 0 aliphatic heterocycles. The van der Waals surface area contributed by atoms with Gasteiger partial charge in [0.2, 0.25) is 0 Å². The average Bonchev–Trinajstić information content (AvgIpc) is 2.79. The summed E-state index contributed by atoms with van der Waals surface area (Å²) in [5.74, 6) is 0.680. The van der Waals surface area contributed by atoms with Gasteiger partial charge in [0.1, 0.15) is 11.9 Å². The lowest BCUT2D eigenvalue weighted by Gasteiger charge is -2.16. The fourth-order valence-corrected chi connectivity index (χ4v) is 3.45. The van der Waals surface area contributed by atoms with Crippen LogP contribution >= 0.6 is 0 Å². The molecule has 0 aromatic heterocycles. The van der Waals surface area contributed by atoms with Crippen molar-refractivity contribution in [1.29, 1.82) is 0 Å². The molecule has 0 aliphatic rings. The molecule has 0 bridgehead atoms. The fourth-order valence-electron chi connectivity index (χ4n) is 3.45. The normalized spacial score (nSPS) is 11.8. The molecule has 0 aliphatic carbocycles. The van der Waals surface area contributed by atoms with Gasteiger partial charge in [-0.25, -0.2) is 4.79 Å². The molecule has 0 saturated heterocycles. The maximum absolute atomic E-state index is 12.5. The van der Waals surface area contributed by atoms with E-state index in [1.807, 2.05) is 36.4 Å². The van der Waals surface area contributed by atoms with Crippen molar-refractivity contribution in [2.45, 2.75) is 84.7 Å². The van der Waals surface area contributed by atoms with E-state index in [0.717, 1.165) is 49.2 Å². The first-order chi connectivity index (χ1) is 14.7. The van der Waals surface area contributed by atoms with Crippen molar-refractivity contribution in [3.05, 3.63) is 54.1 Å². The zero-order valence-electron chi connectivity index (χ0n) is 19.0. The van der Waals surface area contributed by atoms with Gasteiger partial charge in [0, 0.05) is 0 Å². The van der Waals surface area contributed by atoms with Crippen molar-refractivity contribution in [1.82, 2.24) is 0 Å². The topological polar surface area (TPSA) is 35.5 Å². The second-order valence-electron chi connectivity index (χ2n) is 7.94. The molecule has 0 saturated carbocycles. The molecule has 3 heteroatoms. The van der Waals surface area contributed by atoms with Gasteiger partial charge in [-0.3, -0.25) is 0 Å². The molecule has 2 aromatic carbocycles. The van der Waals surface area contributed by atoms with Gasteiger partial charge in [0.25, 0.3) is 0 Å². The maximum Gasteiger partial charge on any atom is 0.338 e. The number of ether oxygens (including phenoxy) is 2. The molecule has 1 atom stereocenters. The van der Waals surface area contributed by atoms with Crippen molar-refractivity contribution < 1.29 is 14.3 Å². The monoisotopic (exact) mass is 410 g/mol. The third kappa shape index (κ3) is 8.22. The van der Waals surface area contributed by atoms with Crippen LogP contribution in [0, 0.1) is 0 Å². The van der Waals surface area contributed by atoms with Crippen molar-refractivity contribution in [3.63, 3.8) is 0 Å². The lowest BCUT2D eigenvalue weighted by molar-refractivity contribution is 0.0267. The molecular weight excluding hydrogens is 372 g/mol. The molecule has 30 heavy (non-hydrogen) atoms. The summed E-state index contributed by atoms with van der Waals surface area (Å²) in [6, 6.07) is 15.8. The largest absolute Gasteiger partial charge is 0.494 e. The van der Waals surface area contributed by atoms with Crippen molar-refractivity contribution in [2.75, 3.05) is 6.61 Å². The summed E-state index contributed by atoms with van der Waals surface area (Å²) in [4.78, 5) is 12.5. The summed E-state index contributed by atoms with van der Waals surface area (Å²) >= 11 is 0. The Morgan fingerprint density at radius 3 is 1.97 bits per heavy atom. The first-order valence-electron chi connectivity index (χ1n) is 11.7. The summed E-state index contributed by atoms with van der Waals surface area (Å²) in [5.41, 5.74) is 2.80. The SMILES string of the molecule is CCCCCC[C@@H](CC)OC(=O)c1ccc(-c2ccc(OCCCCC)cc2)cc1. The van der Waals surface area contributed by atoms with E-state index >= 15 is 0 Å². The summed E-state index contributed by atoms with van der Waals surface area (Å²) in [5, 5.41) is 0. The third-order valence-electron chi connectivity index (χ3n) is 5.43. The van der Waals surface area contributed by atoms with Gasteiger partial charge in [-0.1, -0.05) is 77.1 Å². The second kappa shape index (κ2) is 13.8. The zero-order valence-corrected chi connectivity index (χ0v) is 19.0. The molecule has 0 heterocycles. The molecule has 164 valence electrons. The lowest BCUT2D eigenvalue weighted by Crippen LogP contribution is -2.17. The predicted octanol–water partition coefficient (Wildman–Crippen LogP) is 7.83. The molecule has 0 N–H and O–H groups in total. The average molecular weight is 411 g/mol. The first kappa shape index (κ1) is 24.0. The summed E-state index contributed by atoms with van der Waals surface area (Å²) in [6.45, 7) is 7.24. The quantitative estimate of drug-likeness (QED) is 0.235. The highest BCUT2D eigenvalue weighted by Gasteiger charge is 2.14. The minimum atomic E-state index is -0.222. The van der Waals surface area contributed by atoms with E-state index in [-0.39, 0.29) is 12.1 Å². The molecule has 0 amide bonds. The zero-order chi connectivity index (χ0) is 21.6. The standard InChI is InChI=1S/C27H38O3/c1-4-7-9-10-12-25(6-3)30-27(28)24-15-13-22(14-16-24)23-17-19-26(20-18-23)29-21-11-8-5-2/h13-20,25H,4-12,21H2,1-3H3/t25-/m1/s1. The predicted molar refractivity (Wildman–Crippen MR) is 125 cm³/mol. The van der Waals surface area contributed by atoms with Crippen LogP contribution < -0.4 is 4.74 Å². The smallest absolute Gasteiger partial charge is 0.338 e. The Bertz CT molecular complexity index is 719. The van der Waals surface area contributed by atoms with Crippen LogP contribution in [0.3, 0.4) is 0 Å². The Hall–Kier alpha value is -2.29. The van der Waals surface area contributed by atoms with Crippen LogP contribution in [0.1, 0.15) is 88.9 Å². The van der Waals surface area contributed by atoms with Gasteiger partial charge >= 0.3 is 5.97 Å². The molecule has 0 radical (unpaired) electrons. The number of rotatable bonds is 14. The van der Waals surface area contributed by atoms with Crippen molar-refractivity contribution >= 4 is 5.97 Å². The van der Waals surface area contributed by atoms with E-state index < -0.39 is 0 Å². The minimum Gasteiger partial charge on any atom is -0.494 e. The van der Waals surface area contributed by atoms with Crippen LogP contribution in [0.15, 0.2) is 48.5 Å². The van der Waals surface area contributed by atoms with E-state index in [9.17, 15) is 4.79 Å². The van der Waals surface area contributed by atoms with Gasteiger partial charge in [-0.2, -0.15) is 0 Å². The highest BCUT2D eigenvalue weighted by Crippen LogP contribution is 2.23. The highest BCUT2D eigenvalue weighted by molar-refractivity contribution is 5.90. The number of carbonyl (C=O) groups excluding carboxylic acids is 1. The van der Waals surface area contributed by atoms with Crippen LogP contribution in [0.25, 0.3) is 11.1 Å². The number of esters is 1. The summed E-state index contributed by atoms with van der Waals surface area (Å²) < 4.78 is 11.5. The van der Waals surface area contributed by atoms with E-state index in [2.05, 4.69) is 32.9 Å². The first-order valence-corrected chi connectivity index (χ1v) is 11.7. The van der Waals surface area contributed by atoms with E-state index in [0.29, 0.717) is 5.56 Å². The Labute approximate surface area is 182 Å². The molecule has 3 nitrogen and oxygen atoms in total. The molecule has 2 aromatic rings. The van der Waals surface area contributed by atoms with Crippen LogP contribution in [-0.2, 0) is 4.74 Å². The van der Waals surface area contributed by atoms with Crippen LogP contribution in [0.4, 0.5) is 0 Å². The fraction of sp³-hybridized carbons (Fsp3) is 0.519. The number of benzene rings is 2. The second-order valence-corrected chi connectivity index (χ2v) is 7.94. The Morgan fingerprint density at radius 2 is 1.37 bits per heavy atom. The van der Waals surface area contributed by atoms with E-state index in [4.69, 9.17) is 9.47 Å². The van der Waals surface area contributed by atoms with Crippen LogP contribution in [0.2, 0.25) is 0 Å². The Morgan fingerprint density at radius 1 is 0.767 bits per heavy atom. The van der Waals surface area contributed by atoms with Crippen molar-refractivity contribution in [2.24, 2.45) is 0 Å². The van der Waals surface area contributed by atoms with E-state index in [1.54, 1.807) is 0 Å². The Kier molecular flexibility index (Phi) is 11.1. The molecule has 2 rings (SSSR count). The number of hydrogen-bond donors (Lipinski definition) is 0. The molecule has 0 fully saturated rings. The van der Waals surface area contributed by atoms with Gasteiger partial charge in [-0.15, -0.1) is 0 Å². The van der Waals surface area contributed by atoms with Gasteiger partial charge in [0.05, 0.1) is 12.2 Å². The van der Waals surface area contributed by atoms with Crippen LogP contribution in [0.5, 0.6) is 5.75 Å². The van der Waals surface area contributed by atoms with E-state index in [1.165, 1.54) is 32.1 Å². The summed E-state index contributed by atoms with van der Waals surface area (Å²) in [6.07, 6.45) is 10.1. The number of hydrogen-bond acceptors (Lipinski definition) is 3. The van der Waals surface area contributed by atoms with Crippen molar-refractivity contribution in [3.8, 4) is 16.9 Å². The molecule has 0 spiro atoms. The van der Waals surface area contributed by atoms with Gasteiger partial charge in [-0.05, 0) is 61.1 Å². The minimum absolute atomic E-state index is 0.0129. The van der Waals surface area contributed by atoms with Crippen LogP contribution in [-0.4, -0.2) is 18.7 Å². The van der Waals surface area contributed by atoms with Gasteiger partial charge in [0.15, 0.2) is 0 Å². The maximum atomic E-state index is 12.5. The number of unbranched alkanes of at least 4 members (excludes halogenated alkanes) is 5. The number of carbonyl (C=O) groups is 1. The highest BCUT2D eigenvalue weighted by atomic mass is 16.5. The Balaban J connectivity index is 1.88. The molecule has 0 unspecified atom stereocenters. The third-order valence-corrected chi connectivity index (χ3v) is 5.43. The summed E-state index contributed by atoms with van der Waals surface area (Å²) in [7, 11) is 0.